The van der Waals surface area contributed by atoms with E-state index in [1.54, 1.807) is 6.92 Å². The van der Waals surface area contributed by atoms with Crippen LogP contribution in [-0.2, 0) is 4.79 Å². The Labute approximate surface area is 84.3 Å². The van der Waals surface area contributed by atoms with Gasteiger partial charge in [-0.3, -0.25) is 4.79 Å². The molecule has 0 aliphatic carbocycles. The molecule has 0 aliphatic heterocycles. The van der Waals surface area contributed by atoms with Gasteiger partial charge in [0.05, 0.1) is 0 Å². The van der Waals surface area contributed by atoms with E-state index in [0.717, 1.165) is 19.4 Å². The monoisotopic (exact) mass is 203 g/mol. The highest BCUT2D eigenvalue weighted by atomic mass is 32.1. The van der Waals surface area contributed by atoms with E-state index in [0.29, 0.717) is 5.11 Å². The van der Waals surface area contributed by atoms with Gasteiger partial charge in [0, 0.05) is 6.54 Å². The molecule has 0 bridgehead atoms. The second-order valence-electron chi connectivity index (χ2n) is 2.88. The van der Waals surface area contributed by atoms with Crippen molar-refractivity contribution in [3.63, 3.8) is 0 Å². The molecule has 0 radical (unpaired) electrons. The van der Waals surface area contributed by atoms with Gasteiger partial charge in [-0.1, -0.05) is 13.3 Å². The van der Waals surface area contributed by atoms with Crippen molar-refractivity contribution >= 4 is 23.2 Å². The molecule has 0 spiro atoms. The van der Waals surface area contributed by atoms with E-state index >= 15 is 0 Å². The molecule has 0 aromatic rings. The molecular formula is C8H17N3OS. The van der Waals surface area contributed by atoms with Crippen molar-refractivity contribution in [2.75, 3.05) is 6.54 Å². The fourth-order valence-electron chi connectivity index (χ4n) is 0.697. The maximum Gasteiger partial charge on any atom is 0.239 e. The van der Waals surface area contributed by atoms with E-state index in [1.807, 2.05) is 0 Å². The SMILES string of the molecule is CCCCNC(=S)NC(C)C(N)=O. The largest absolute Gasteiger partial charge is 0.368 e. The van der Waals surface area contributed by atoms with Gasteiger partial charge in [-0.15, -0.1) is 0 Å². The van der Waals surface area contributed by atoms with Gasteiger partial charge in [0.1, 0.15) is 6.04 Å². The third-order valence-corrected chi connectivity index (χ3v) is 1.85. The molecule has 4 nitrogen and oxygen atoms in total. The van der Waals surface area contributed by atoms with Crippen molar-refractivity contribution < 1.29 is 4.79 Å². The number of hydrogen-bond acceptors (Lipinski definition) is 2. The van der Waals surface area contributed by atoms with Crippen molar-refractivity contribution in [1.29, 1.82) is 0 Å². The predicted octanol–water partition coefficient (Wildman–Crippen LogP) is 0.124. The molecule has 0 aromatic heterocycles. The second kappa shape index (κ2) is 6.65. The zero-order valence-electron chi connectivity index (χ0n) is 8.09. The lowest BCUT2D eigenvalue weighted by Gasteiger charge is -2.13. The normalized spacial score (nSPS) is 11.8. The Bertz CT molecular complexity index is 184. The Hall–Kier alpha value is -0.840. The topological polar surface area (TPSA) is 67.2 Å². The molecule has 0 saturated heterocycles. The summed E-state index contributed by atoms with van der Waals surface area (Å²) in [4.78, 5) is 10.6. The number of thiocarbonyl (C=S) groups is 1. The van der Waals surface area contributed by atoms with Gasteiger partial charge in [-0.05, 0) is 25.6 Å². The van der Waals surface area contributed by atoms with Crippen LogP contribution in [0.3, 0.4) is 0 Å². The third-order valence-electron chi connectivity index (χ3n) is 1.59. The number of hydrogen-bond donors (Lipinski definition) is 3. The first-order valence-corrected chi connectivity index (χ1v) is 4.82. The number of unbranched alkanes of at least 4 members (excludes halogenated alkanes) is 1. The number of amides is 1. The maximum atomic E-state index is 10.6. The smallest absolute Gasteiger partial charge is 0.239 e. The van der Waals surface area contributed by atoms with Gasteiger partial charge >= 0.3 is 0 Å². The van der Waals surface area contributed by atoms with Crippen molar-refractivity contribution in [3.05, 3.63) is 0 Å². The van der Waals surface area contributed by atoms with E-state index in [1.165, 1.54) is 0 Å². The fourth-order valence-corrected chi connectivity index (χ4v) is 0.976. The summed E-state index contributed by atoms with van der Waals surface area (Å²) >= 11 is 4.93. The molecule has 0 heterocycles. The number of nitrogens with one attached hydrogen (secondary N) is 2. The van der Waals surface area contributed by atoms with Crippen LogP contribution in [0.15, 0.2) is 0 Å². The summed E-state index contributed by atoms with van der Waals surface area (Å²) in [6, 6.07) is -0.415. The Kier molecular flexibility index (Phi) is 6.22. The van der Waals surface area contributed by atoms with E-state index < -0.39 is 11.9 Å². The molecule has 5 heteroatoms. The number of carbonyl (C=O) groups is 1. The lowest BCUT2D eigenvalue weighted by atomic mass is 10.3. The molecule has 0 saturated carbocycles. The van der Waals surface area contributed by atoms with Gasteiger partial charge in [0.25, 0.3) is 0 Å². The molecule has 1 atom stereocenters. The van der Waals surface area contributed by atoms with Crippen molar-refractivity contribution in [2.45, 2.75) is 32.7 Å². The van der Waals surface area contributed by atoms with Crippen LogP contribution in [0.1, 0.15) is 26.7 Å². The lowest BCUT2D eigenvalue weighted by Crippen LogP contribution is -2.46. The quantitative estimate of drug-likeness (QED) is 0.439. The molecule has 1 unspecified atom stereocenters. The highest BCUT2D eigenvalue weighted by Crippen LogP contribution is 1.83. The zero-order chi connectivity index (χ0) is 10.3. The third kappa shape index (κ3) is 6.33. The molecule has 1 amide bonds. The average molecular weight is 203 g/mol. The van der Waals surface area contributed by atoms with E-state index in [4.69, 9.17) is 18.0 Å². The number of rotatable bonds is 5. The Balaban J connectivity index is 3.56. The highest BCUT2D eigenvalue weighted by Gasteiger charge is 2.08. The van der Waals surface area contributed by atoms with E-state index in [9.17, 15) is 4.79 Å². The minimum Gasteiger partial charge on any atom is -0.368 e. The van der Waals surface area contributed by atoms with Crippen LogP contribution >= 0.6 is 12.2 Å². The summed E-state index contributed by atoms with van der Waals surface area (Å²) in [6.45, 7) is 4.61. The van der Waals surface area contributed by atoms with Crippen LogP contribution in [0.5, 0.6) is 0 Å². The molecule has 0 fully saturated rings. The number of primary amides is 1. The highest BCUT2D eigenvalue weighted by molar-refractivity contribution is 7.80. The van der Waals surface area contributed by atoms with Gasteiger partial charge in [0.2, 0.25) is 5.91 Å². The van der Waals surface area contributed by atoms with E-state index in [-0.39, 0.29) is 0 Å². The lowest BCUT2D eigenvalue weighted by molar-refractivity contribution is -0.119. The number of carbonyl (C=O) groups excluding carboxylic acids is 1. The van der Waals surface area contributed by atoms with Crippen LogP contribution in [0.2, 0.25) is 0 Å². The molecule has 13 heavy (non-hydrogen) atoms. The summed E-state index contributed by atoms with van der Waals surface area (Å²) in [5.74, 6) is -0.403. The molecule has 0 aliphatic rings. The first-order valence-electron chi connectivity index (χ1n) is 4.41. The maximum absolute atomic E-state index is 10.6. The summed E-state index contributed by atoms with van der Waals surface area (Å²) in [6.07, 6.45) is 2.17. The van der Waals surface area contributed by atoms with Crippen LogP contribution in [0, 0.1) is 0 Å². The molecule has 76 valence electrons. The molecule has 0 rings (SSSR count). The molecular weight excluding hydrogens is 186 g/mol. The predicted molar refractivity (Wildman–Crippen MR) is 57.3 cm³/mol. The number of nitrogens with two attached hydrogens (primary N) is 1. The Morgan fingerprint density at radius 1 is 1.62 bits per heavy atom. The van der Waals surface area contributed by atoms with Crippen LogP contribution in [-0.4, -0.2) is 23.6 Å². The fraction of sp³-hybridized carbons (Fsp3) is 0.750. The van der Waals surface area contributed by atoms with Crippen molar-refractivity contribution in [1.82, 2.24) is 10.6 Å². The van der Waals surface area contributed by atoms with Gasteiger partial charge in [-0.25, -0.2) is 0 Å². The first kappa shape index (κ1) is 12.2. The first-order chi connectivity index (χ1) is 6.07. The van der Waals surface area contributed by atoms with Gasteiger partial charge < -0.3 is 16.4 Å². The second-order valence-corrected chi connectivity index (χ2v) is 3.29. The standard InChI is InChI=1S/C8H17N3OS/c1-3-4-5-10-8(13)11-6(2)7(9)12/h6H,3-5H2,1-2H3,(H2,9,12)(H2,10,11,13). The minimum atomic E-state index is -0.415. The summed E-state index contributed by atoms with van der Waals surface area (Å²) < 4.78 is 0. The minimum absolute atomic E-state index is 0.403. The van der Waals surface area contributed by atoms with Crippen LogP contribution in [0.25, 0.3) is 0 Å². The van der Waals surface area contributed by atoms with Crippen LogP contribution < -0.4 is 16.4 Å². The summed E-state index contributed by atoms with van der Waals surface area (Å²) in [5, 5.41) is 6.25. The van der Waals surface area contributed by atoms with Gasteiger partial charge in [0.15, 0.2) is 5.11 Å². The Morgan fingerprint density at radius 3 is 2.69 bits per heavy atom. The van der Waals surface area contributed by atoms with Gasteiger partial charge in [-0.2, -0.15) is 0 Å². The van der Waals surface area contributed by atoms with E-state index in [2.05, 4.69) is 17.6 Å². The van der Waals surface area contributed by atoms with Crippen molar-refractivity contribution in [3.8, 4) is 0 Å². The molecule has 0 aromatic carbocycles. The zero-order valence-corrected chi connectivity index (χ0v) is 8.91. The molecule has 4 N–H and O–H groups in total. The Morgan fingerprint density at radius 2 is 2.23 bits per heavy atom. The van der Waals surface area contributed by atoms with Crippen LogP contribution in [0.4, 0.5) is 0 Å². The average Bonchev–Trinajstić information content (AvgIpc) is 2.04. The summed E-state index contributed by atoms with van der Waals surface area (Å²) in [5.41, 5.74) is 5.05. The summed E-state index contributed by atoms with van der Waals surface area (Å²) in [7, 11) is 0. The van der Waals surface area contributed by atoms with Crippen molar-refractivity contribution in [2.24, 2.45) is 5.73 Å².